The second kappa shape index (κ2) is 7.80. The average molecular weight is 416 g/mol. The molecule has 31 heavy (non-hydrogen) atoms. The van der Waals surface area contributed by atoms with Crippen molar-refractivity contribution in [3.05, 3.63) is 77.6 Å². The van der Waals surface area contributed by atoms with E-state index in [0.717, 1.165) is 38.8 Å². The molecule has 3 heterocycles. The van der Waals surface area contributed by atoms with Gasteiger partial charge in [0.2, 0.25) is 0 Å². The lowest BCUT2D eigenvalue weighted by Gasteiger charge is -2.39. The molecule has 1 aliphatic heterocycles. The van der Waals surface area contributed by atoms with Crippen LogP contribution in [-0.2, 0) is 32.9 Å². The first-order valence-electron chi connectivity index (χ1n) is 10.5. The van der Waals surface area contributed by atoms with Crippen molar-refractivity contribution in [2.45, 2.75) is 44.7 Å². The van der Waals surface area contributed by atoms with E-state index in [1.54, 1.807) is 0 Å². The Bertz CT molecular complexity index is 1260. The van der Waals surface area contributed by atoms with Gasteiger partial charge in [0.25, 0.3) is 0 Å². The number of nitrogens with one attached hydrogen (secondary N) is 1. The van der Waals surface area contributed by atoms with Crippen LogP contribution in [0.25, 0.3) is 21.8 Å². The number of carbonyl (C=O) groups is 1. The lowest BCUT2D eigenvalue weighted by atomic mass is 9.86. The Labute approximate surface area is 179 Å². The summed E-state index contributed by atoms with van der Waals surface area (Å²) >= 11 is 0. The van der Waals surface area contributed by atoms with Gasteiger partial charge in [-0.1, -0.05) is 49.4 Å². The van der Waals surface area contributed by atoms with Crippen LogP contribution in [0.3, 0.4) is 0 Å². The lowest BCUT2D eigenvalue weighted by molar-refractivity contribution is -0.234. The Balaban J connectivity index is 1.46. The van der Waals surface area contributed by atoms with Crippen molar-refractivity contribution in [3.63, 3.8) is 0 Å². The summed E-state index contributed by atoms with van der Waals surface area (Å²) in [6, 6.07) is 19.9. The van der Waals surface area contributed by atoms with E-state index in [-0.39, 0.29) is 6.42 Å². The molecule has 0 spiro atoms. The number of fused-ring (bicyclic) bond motifs is 4. The second-order valence-corrected chi connectivity index (χ2v) is 8.00. The summed E-state index contributed by atoms with van der Waals surface area (Å²) in [5, 5.41) is 11.8. The number of rotatable bonds is 6. The number of pyridine rings is 1. The van der Waals surface area contributed by atoms with Crippen molar-refractivity contribution in [3.8, 4) is 0 Å². The molecule has 0 aliphatic carbocycles. The summed E-state index contributed by atoms with van der Waals surface area (Å²) in [4.78, 5) is 19.8. The quantitative estimate of drug-likeness (QED) is 0.466. The van der Waals surface area contributed by atoms with Gasteiger partial charge in [0, 0.05) is 22.7 Å². The SMILES string of the molecule is CCC1(CC(=O)O)OC(OCc2ccc3ccccc3n2)Cc2c1[nH]c1ccccc21. The Kier molecular flexibility index (Phi) is 4.96. The van der Waals surface area contributed by atoms with Crippen LogP contribution in [0.5, 0.6) is 0 Å². The molecule has 2 atom stereocenters. The highest BCUT2D eigenvalue weighted by atomic mass is 16.7. The lowest BCUT2D eigenvalue weighted by Crippen LogP contribution is -2.42. The van der Waals surface area contributed by atoms with E-state index in [0.29, 0.717) is 19.4 Å². The van der Waals surface area contributed by atoms with Gasteiger partial charge in [0.15, 0.2) is 6.29 Å². The molecule has 158 valence electrons. The van der Waals surface area contributed by atoms with E-state index in [1.807, 2.05) is 61.5 Å². The number of para-hydroxylation sites is 2. The molecule has 0 radical (unpaired) electrons. The van der Waals surface area contributed by atoms with Crippen molar-refractivity contribution < 1.29 is 19.4 Å². The Hall–Kier alpha value is -3.22. The Morgan fingerprint density at radius 1 is 1.19 bits per heavy atom. The molecular formula is C25H24N2O4. The van der Waals surface area contributed by atoms with Crippen molar-refractivity contribution in [2.75, 3.05) is 0 Å². The van der Waals surface area contributed by atoms with Crippen LogP contribution in [0.4, 0.5) is 0 Å². The van der Waals surface area contributed by atoms with Gasteiger partial charge in [0.1, 0.15) is 5.60 Å². The highest BCUT2D eigenvalue weighted by molar-refractivity contribution is 5.85. The molecule has 0 bridgehead atoms. The van der Waals surface area contributed by atoms with Crippen molar-refractivity contribution in [1.82, 2.24) is 9.97 Å². The maximum absolute atomic E-state index is 11.7. The molecule has 0 saturated heterocycles. The van der Waals surface area contributed by atoms with E-state index in [1.165, 1.54) is 0 Å². The van der Waals surface area contributed by atoms with Crippen LogP contribution >= 0.6 is 0 Å². The summed E-state index contributed by atoms with van der Waals surface area (Å²) in [5.41, 5.74) is 3.67. The minimum atomic E-state index is -0.958. The molecule has 2 N–H and O–H groups in total. The van der Waals surface area contributed by atoms with Gasteiger partial charge in [-0.15, -0.1) is 0 Å². The molecule has 1 aliphatic rings. The predicted octanol–water partition coefficient (Wildman–Crippen LogP) is 4.91. The average Bonchev–Trinajstić information content (AvgIpc) is 3.16. The number of nitrogens with zero attached hydrogens (tertiary/aromatic N) is 1. The molecular weight excluding hydrogens is 392 g/mol. The van der Waals surface area contributed by atoms with Crippen molar-refractivity contribution in [2.24, 2.45) is 0 Å². The number of aliphatic carboxylic acids is 1. The monoisotopic (exact) mass is 416 g/mol. The summed E-state index contributed by atoms with van der Waals surface area (Å²) in [6.07, 6.45) is 0.387. The zero-order valence-corrected chi connectivity index (χ0v) is 17.3. The number of H-pyrrole nitrogens is 1. The van der Waals surface area contributed by atoms with Crippen LogP contribution < -0.4 is 0 Å². The maximum atomic E-state index is 11.7. The molecule has 2 aromatic carbocycles. The Morgan fingerprint density at radius 2 is 2.00 bits per heavy atom. The molecule has 4 aromatic rings. The smallest absolute Gasteiger partial charge is 0.306 e. The zero-order chi connectivity index (χ0) is 21.4. The van der Waals surface area contributed by atoms with Crippen LogP contribution in [0.2, 0.25) is 0 Å². The van der Waals surface area contributed by atoms with Crippen LogP contribution in [0.15, 0.2) is 60.7 Å². The second-order valence-electron chi connectivity index (χ2n) is 8.00. The van der Waals surface area contributed by atoms with Gasteiger partial charge >= 0.3 is 5.97 Å². The van der Waals surface area contributed by atoms with Crippen LogP contribution in [0, 0.1) is 0 Å². The fraction of sp³-hybridized carbons (Fsp3) is 0.280. The first kappa shape index (κ1) is 19.7. The normalized spacial score (nSPS) is 20.7. The zero-order valence-electron chi connectivity index (χ0n) is 17.3. The molecule has 6 nitrogen and oxygen atoms in total. The largest absolute Gasteiger partial charge is 0.481 e. The van der Waals surface area contributed by atoms with Gasteiger partial charge in [-0.3, -0.25) is 9.78 Å². The van der Waals surface area contributed by atoms with Crippen LogP contribution in [0.1, 0.15) is 36.7 Å². The van der Waals surface area contributed by atoms with Gasteiger partial charge in [0.05, 0.1) is 29.9 Å². The van der Waals surface area contributed by atoms with E-state index in [2.05, 4.69) is 16.0 Å². The minimum absolute atomic E-state index is 0.128. The van der Waals surface area contributed by atoms with E-state index in [4.69, 9.17) is 9.47 Å². The number of hydrogen-bond donors (Lipinski definition) is 2. The third-order valence-electron chi connectivity index (χ3n) is 6.08. The number of carboxylic acid groups (broad SMARTS) is 1. The molecule has 0 saturated carbocycles. The topological polar surface area (TPSA) is 84.4 Å². The first-order chi connectivity index (χ1) is 15.1. The standard InChI is InChI=1S/C25H24N2O4/c1-2-25(14-22(28)29)24-19(18-8-4-6-10-21(18)27-24)13-23(31-25)30-15-17-12-11-16-7-3-5-9-20(16)26-17/h3-12,23,27H,2,13-15H2,1H3,(H,28,29). The maximum Gasteiger partial charge on any atom is 0.306 e. The third-order valence-corrected chi connectivity index (χ3v) is 6.08. The number of benzene rings is 2. The van der Waals surface area contributed by atoms with Gasteiger partial charge in [-0.25, -0.2) is 0 Å². The highest BCUT2D eigenvalue weighted by Gasteiger charge is 2.44. The van der Waals surface area contributed by atoms with Crippen molar-refractivity contribution in [1.29, 1.82) is 0 Å². The summed E-state index contributed by atoms with van der Waals surface area (Å²) in [5.74, 6) is -0.900. The molecule has 2 unspecified atom stereocenters. The first-order valence-corrected chi connectivity index (χ1v) is 10.5. The third kappa shape index (κ3) is 3.58. The molecule has 2 aromatic heterocycles. The Morgan fingerprint density at radius 3 is 2.84 bits per heavy atom. The summed E-state index contributed by atoms with van der Waals surface area (Å²) in [7, 11) is 0. The minimum Gasteiger partial charge on any atom is -0.481 e. The van der Waals surface area contributed by atoms with E-state index >= 15 is 0 Å². The van der Waals surface area contributed by atoms with Crippen LogP contribution in [-0.4, -0.2) is 27.3 Å². The number of aromatic nitrogens is 2. The van der Waals surface area contributed by atoms with Gasteiger partial charge in [-0.05, 0) is 30.2 Å². The van der Waals surface area contributed by atoms with Gasteiger partial charge in [-0.2, -0.15) is 0 Å². The number of aromatic amines is 1. The van der Waals surface area contributed by atoms with E-state index in [9.17, 15) is 9.90 Å². The highest BCUT2D eigenvalue weighted by Crippen LogP contribution is 2.43. The van der Waals surface area contributed by atoms with Crippen molar-refractivity contribution >= 4 is 27.8 Å². The van der Waals surface area contributed by atoms with E-state index < -0.39 is 17.9 Å². The number of carboxylic acids is 1. The fourth-order valence-electron chi connectivity index (χ4n) is 4.54. The number of ether oxygens (including phenoxy) is 2. The molecule has 0 fully saturated rings. The molecule has 6 heteroatoms. The molecule has 5 rings (SSSR count). The summed E-state index contributed by atoms with van der Waals surface area (Å²) in [6.45, 7) is 2.24. The number of hydrogen-bond acceptors (Lipinski definition) is 4. The fourth-order valence-corrected chi connectivity index (χ4v) is 4.54. The predicted molar refractivity (Wildman–Crippen MR) is 118 cm³/mol. The molecule has 0 amide bonds. The van der Waals surface area contributed by atoms with Gasteiger partial charge < -0.3 is 19.6 Å². The summed E-state index contributed by atoms with van der Waals surface area (Å²) < 4.78 is 12.5.